The van der Waals surface area contributed by atoms with Crippen LogP contribution in [0.4, 0.5) is 0 Å². The van der Waals surface area contributed by atoms with E-state index in [0.29, 0.717) is 13.2 Å². The van der Waals surface area contributed by atoms with Crippen LogP contribution < -0.4 is 0 Å². The van der Waals surface area contributed by atoms with Gasteiger partial charge in [-0.05, 0) is 59.3 Å². The highest BCUT2D eigenvalue weighted by molar-refractivity contribution is 5.75. The van der Waals surface area contributed by atoms with Crippen LogP contribution in [0.2, 0.25) is 0 Å². The van der Waals surface area contributed by atoms with Crippen molar-refractivity contribution < 1.29 is 14.6 Å². The van der Waals surface area contributed by atoms with Gasteiger partial charge < -0.3 is 9.84 Å². The molecular formula is C17H32O3. The molecule has 0 saturated heterocycles. The number of carbonyl (C=O) groups excluding carboxylic acids is 1. The topological polar surface area (TPSA) is 46.5 Å². The standard InChI is InChI=1S/C17H32O3/c1-4-20-16(19)17(2,3)14-12-10-8-6-5-7-9-11-13-15-18/h5,7,18H,4,6,8-15H2,1-3H3/b7-5+. The number of hydrogen-bond donors (Lipinski definition) is 1. The monoisotopic (exact) mass is 284 g/mol. The average molecular weight is 284 g/mol. The van der Waals surface area contributed by atoms with E-state index in [0.717, 1.165) is 44.9 Å². The second-order valence-corrected chi connectivity index (χ2v) is 5.89. The molecule has 0 unspecified atom stereocenters. The number of allylic oxidation sites excluding steroid dienone is 2. The highest BCUT2D eigenvalue weighted by Gasteiger charge is 2.28. The van der Waals surface area contributed by atoms with Crippen LogP contribution in [0.15, 0.2) is 12.2 Å². The largest absolute Gasteiger partial charge is 0.466 e. The van der Waals surface area contributed by atoms with Gasteiger partial charge in [-0.25, -0.2) is 0 Å². The van der Waals surface area contributed by atoms with Crippen LogP contribution >= 0.6 is 0 Å². The van der Waals surface area contributed by atoms with Crippen LogP contribution in [0.25, 0.3) is 0 Å². The molecule has 0 aromatic rings. The summed E-state index contributed by atoms with van der Waals surface area (Å²) in [6.45, 7) is 6.53. The van der Waals surface area contributed by atoms with E-state index >= 15 is 0 Å². The molecule has 118 valence electrons. The molecule has 0 heterocycles. The van der Waals surface area contributed by atoms with Gasteiger partial charge in [0.15, 0.2) is 0 Å². The van der Waals surface area contributed by atoms with E-state index in [4.69, 9.17) is 9.84 Å². The summed E-state index contributed by atoms with van der Waals surface area (Å²) in [6.07, 6.45) is 12.9. The third-order valence-corrected chi connectivity index (χ3v) is 3.45. The molecule has 1 N–H and O–H groups in total. The third-order valence-electron chi connectivity index (χ3n) is 3.45. The summed E-state index contributed by atoms with van der Waals surface area (Å²) in [4.78, 5) is 11.7. The first-order valence-electron chi connectivity index (χ1n) is 7.97. The lowest BCUT2D eigenvalue weighted by molar-refractivity contribution is -0.153. The maximum absolute atomic E-state index is 11.7. The molecule has 20 heavy (non-hydrogen) atoms. The molecule has 0 spiro atoms. The smallest absolute Gasteiger partial charge is 0.311 e. The Labute approximate surface area is 124 Å². The fraction of sp³-hybridized carbons (Fsp3) is 0.824. The fourth-order valence-electron chi connectivity index (χ4n) is 2.04. The SMILES string of the molecule is CCOC(=O)C(C)(C)CCCCC/C=C/CCCCO. The van der Waals surface area contributed by atoms with Crippen molar-refractivity contribution in [2.24, 2.45) is 5.41 Å². The highest BCUT2D eigenvalue weighted by atomic mass is 16.5. The van der Waals surface area contributed by atoms with E-state index < -0.39 is 0 Å². The van der Waals surface area contributed by atoms with Crippen LogP contribution in [0.1, 0.15) is 72.1 Å². The first kappa shape index (κ1) is 19.2. The summed E-state index contributed by atoms with van der Waals surface area (Å²) in [5, 5.41) is 8.65. The lowest BCUT2D eigenvalue weighted by Gasteiger charge is -2.21. The molecule has 0 rings (SSSR count). The van der Waals surface area contributed by atoms with E-state index in [1.165, 1.54) is 6.42 Å². The molecule has 0 saturated carbocycles. The minimum absolute atomic E-state index is 0.0798. The number of esters is 1. The molecule has 3 nitrogen and oxygen atoms in total. The molecule has 0 fully saturated rings. The Hall–Kier alpha value is -0.830. The molecule has 3 heteroatoms. The van der Waals surface area contributed by atoms with Gasteiger partial charge in [-0.1, -0.05) is 25.0 Å². The molecule has 0 aromatic carbocycles. The summed E-state index contributed by atoms with van der Waals surface area (Å²) in [5.74, 6) is -0.0798. The van der Waals surface area contributed by atoms with Gasteiger partial charge in [0, 0.05) is 6.61 Å². The summed E-state index contributed by atoms with van der Waals surface area (Å²) in [6, 6.07) is 0. The fourth-order valence-corrected chi connectivity index (χ4v) is 2.04. The van der Waals surface area contributed by atoms with E-state index in [-0.39, 0.29) is 11.4 Å². The highest BCUT2D eigenvalue weighted by Crippen LogP contribution is 2.25. The van der Waals surface area contributed by atoms with Crippen molar-refractivity contribution >= 4 is 5.97 Å². The number of aliphatic hydroxyl groups is 1. The molecule has 0 radical (unpaired) electrons. The number of hydrogen-bond acceptors (Lipinski definition) is 3. The summed E-state index contributed by atoms with van der Waals surface area (Å²) >= 11 is 0. The first-order chi connectivity index (χ1) is 9.54. The zero-order chi connectivity index (χ0) is 15.3. The molecule has 0 aliphatic heterocycles. The van der Waals surface area contributed by atoms with Gasteiger partial charge in [-0.3, -0.25) is 4.79 Å². The molecular weight excluding hydrogens is 252 g/mol. The molecule has 0 aromatic heterocycles. The molecule has 0 amide bonds. The van der Waals surface area contributed by atoms with E-state index in [1.807, 2.05) is 20.8 Å². The Morgan fingerprint density at radius 1 is 1.05 bits per heavy atom. The maximum Gasteiger partial charge on any atom is 0.311 e. The van der Waals surface area contributed by atoms with Crippen molar-refractivity contribution in [1.82, 2.24) is 0 Å². The molecule has 0 aliphatic rings. The van der Waals surface area contributed by atoms with Crippen LogP contribution in [0, 0.1) is 5.41 Å². The Morgan fingerprint density at radius 3 is 2.20 bits per heavy atom. The van der Waals surface area contributed by atoms with Crippen LogP contribution in [0.5, 0.6) is 0 Å². The lowest BCUT2D eigenvalue weighted by atomic mass is 9.87. The molecule has 0 atom stereocenters. The van der Waals surface area contributed by atoms with Gasteiger partial charge in [-0.15, -0.1) is 0 Å². The Balaban J connectivity index is 3.54. The Bertz CT molecular complexity index is 269. The second kappa shape index (κ2) is 12.0. The first-order valence-corrected chi connectivity index (χ1v) is 7.97. The summed E-state index contributed by atoms with van der Waals surface area (Å²) in [7, 11) is 0. The van der Waals surface area contributed by atoms with Gasteiger partial charge in [0.25, 0.3) is 0 Å². The van der Waals surface area contributed by atoms with Crippen molar-refractivity contribution in [3.8, 4) is 0 Å². The normalized spacial score (nSPS) is 12.0. The van der Waals surface area contributed by atoms with Gasteiger partial charge >= 0.3 is 5.97 Å². The lowest BCUT2D eigenvalue weighted by Crippen LogP contribution is -2.26. The number of ether oxygens (including phenoxy) is 1. The number of aliphatic hydroxyl groups excluding tert-OH is 1. The van der Waals surface area contributed by atoms with Crippen LogP contribution in [-0.2, 0) is 9.53 Å². The molecule has 0 aliphatic carbocycles. The zero-order valence-corrected chi connectivity index (χ0v) is 13.5. The predicted molar refractivity (Wildman–Crippen MR) is 83.6 cm³/mol. The van der Waals surface area contributed by atoms with Gasteiger partial charge in [0.05, 0.1) is 12.0 Å². The third kappa shape index (κ3) is 10.0. The summed E-state index contributed by atoms with van der Waals surface area (Å²) in [5.41, 5.74) is -0.351. The van der Waals surface area contributed by atoms with Crippen LogP contribution in [0.3, 0.4) is 0 Å². The van der Waals surface area contributed by atoms with Crippen LogP contribution in [-0.4, -0.2) is 24.3 Å². The van der Waals surface area contributed by atoms with Crippen molar-refractivity contribution in [3.05, 3.63) is 12.2 Å². The molecule has 0 bridgehead atoms. The van der Waals surface area contributed by atoms with Crippen molar-refractivity contribution in [1.29, 1.82) is 0 Å². The Kier molecular flexibility index (Phi) is 11.5. The summed E-state index contributed by atoms with van der Waals surface area (Å²) < 4.78 is 5.08. The zero-order valence-electron chi connectivity index (χ0n) is 13.5. The van der Waals surface area contributed by atoms with E-state index in [9.17, 15) is 4.79 Å². The van der Waals surface area contributed by atoms with E-state index in [1.54, 1.807) is 0 Å². The van der Waals surface area contributed by atoms with Crippen molar-refractivity contribution in [3.63, 3.8) is 0 Å². The number of carbonyl (C=O) groups is 1. The Morgan fingerprint density at radius 2 is 1.65 bits per heavy atom. The van der Waals surface area contributed by atoms with Crippen molar-refractivity contribution in [2.45, 2.75) is 72.1 Å². The predicted octanol–water partition coefficient (Wildman–Crippen LogP) is 4.25. The van der Waals surface area contributed by atoms with E-state index in [2.05, 4.69) is 12.2 Å². The number of rotatable bonds is 12. The van der Waals surface area contributed by atoms with Gasteiger partial charge in [0.2, 0.25) is 0 Å². The quantitative estimate of drug-likeness (QED) is 0.331. The second-order valence-electron chi connectivity index (χ2n) is 5.89. The minimum Gasteiger partial charge on any atom is -0.466 e. The van der Waals surface area contributed by atoms with Gasteiger partial charge in [-0.2, -0.15) is 0 Å². The van der Waals surface area contributed by atoms with Gasteiger partial charge in [0.1, 0.15) is 0 Å². The van der Waals surface area contributed by atoms with Crippen molar-refractivity contribution in [2.75, 3.05) is 13.2 Å². The minimum atomic E-state index is -0.351. The average Bonchev–Trinajstić information content (AvgIpc) is 2.41. The maximum atomic E-state index is 11.7. The number of unbranched alkanes of at least 4 members (excludes halogenated alkanes) is 5.